The summed E-state index contributed by atoms with van der Waals surface area (Å²) < 4.78 is 0. The molecule has 0 fully saturated rings. The number of benzene rings is 1. The van der Waals surface area contributed by atoms with Crippen LogP contribution in [0.5, 0.6) is 0 Å². The molecule has 3 nitrogen and oxygen atoms in total. The van der Waals surface area contributed by atoms with E-state index >= 15 is 0 Å². The molecule has 15 heavy (non-hydrogen) atoms. The van der Waals surface area contributed by atoms with Crippen molar-refractivity contribution in [2.75, 3.05) is 0 Å². The van der Waals surface area contributed by atoms with Crippen LogP contribution in [-0.2, 0) is 0 Å². The third kappa shape index (κ3) is 1.38. The van der Waals surface area contributed by atoms with Gasteiger partial charge in [-0.2, -0.15) is 0 Å². The summed E-state index contributed by atoms with van der Waals surface area (Å²) in [6.07, 6.45) is 3.64. The largest absolute Gasteiger partial charge is 0.345 e. The van der Waals surface area contributed by atoms with Gasteiger partial charge in [-0.05, 0) is 6.07 Å². The molecule has 3 heteroatoms. The molecule has 0 saturated heterocycles. The van der Waals surface area contributed by atoms with Gasteiger partial charge in [0.15, 0.2) is 5.65 Å². The van der Waals surface area contributed by atoms with E-state index in [2.05, 4.69) is 15.0 Å². The van der Waals surface area contributed by atoms with Gasteiger partial charge in [0.2, 0.25) is 0 Å². The summed E-state index contributed by atoms with van der Waals surface area (Å²) >= 11 is 0. The highest BCUT2D eigenvalue weighted by molar-refractivity contribution is 5.73. The lowest BCUT2D eigenvalue weighted by Crippen LogP contribution is -1.86. The Balaban J connectivity index is 2.19. The molecule has 0 saturated carbocycles. The maximum atomic E-state index is 4.49. The minimum atomic E-state index is 0.830. The van der Waals surface area contributed by atoms with Crippen molar-refractivity contribution in [2.24, 2.45) is 0 Å². The van der Waals surface area contributed by atoms with Crippen LogP contribution in [0.25, 0.3) is 22.4 Å². The average molecular weight is 195 g/mol. The summed E-state index contributed by atoms with van der Waals surface area (Å²) in [6.45, 7) is 0. The first-order valence-electron chi connectivity index (χ1n) is 4.79. The highest BCUT2D eigenvalue weighted by atomic mass is 14.9. The standard InChI is InChI=1S/C12H9N3/c1-2-4-9(5-3-1)11-8-14-10-6-7-13-12(10)15-11/h1-8H,(H,13,15). The minimum Gasteiger partial charge on any atom is -0.345 e. The molecule has 0 atom stereocenters. The molecule has 3 rings (SSSR count). The molecule has 0 radical (unpaired) electrons. The van der Waals surface area contributed by atoms with Crippen molar-refractivity contribution in [3.8, 4) is 11.3 Å². The van der Waals surface area contributed by atoms with E-state index in [1.54, 1.807) is 6.20 Å². The third-order valence-corrected chi connectivity index (χ3v) is 2.33. The summed E-state index contributed by atoms with van der Waals surface area (Å²) in [5.74, 6) is 0. The summed E-state index contributed by atoms with van der Waals surface area (Å²) in [5.41, 5.74) is 3.71. The number of hydrogen-bond donors (Lipinski definition) is 1. The van der Waals surface area contributed by atoms with E-state index < -0.39 is 0 Å². The Bertz CT molecular complexity index is 584. The van der Waals surface area contributed by atoms with Crippen LogP contribution in [0.1, 0.15) is 0 Å². The molecule has 1 aromatic carbocycles. The van der Waals surface area contributed by atoms with Crippen molar-refractivity contribution in [1.29, 1.82) is 0 Å². The zero-order valence-electron chi connectivity index (χ0n) is 8.01. The molecule has 0 bridgehead atoms. The van der Waals surface area contributed by atoms with Crippen molar-refractivity contribution in [1.82, 2.24) is 15.0 Å². The van der Waals surface area contributed by atoms with Gasteiger partial charge in [0.25, 0.3) is 0 Å². The van der Waals surface area contributed by atoms with Gasteiger partial charge < -0.3 is 4.98 Å². The quantitative estimate of drug-likeness (QED) is 0.648. The lowest BCUT2D eigenvalue weighted by Gasteiger charge is -1.99. The van der Waals surface area contributed by atoms with Gasteiger partial charge in [-0.1, -0.05) is 30.3 Å². The summed E-state index contributed by atoms with van der Waals surface area (Å²) in [7, 11) is 0. The fourth-order valence-corrected chi connectivity index (χ4v) is 1.57. The van der Waals surface area contributed by atoms with Crippen LogP contribution in [0, 0.1) is 0 Å². The molecule has 3 aromatic rings. The molecule has 0 unspecified atom stereocenters. The molecule has 0 amide bonds. The molecular formula is C12H9N3. The number of fused-ring (bicyclic) bond motifs is 1. The third-order valence-electron chi connectivity index (χ3n) is 2.33. The zero-order valence-corrected chi connectivity index (χ0v) is 8.01. The van der Waals surface area contributed by atoms with Crippen LogP contribution in [0.4, 0.5) is 0 Å². The van der Waals surface area contributed by atoms with Crippen LogP contribution in [0.2, 0.25) is 0 Å². The van der Waals surface area contributed by atoms with Crippen molar-refractivity contribution in [2.45, 2.75) is 0 Å². The molecule has 72 valence electrons. The van der Waals surface area contributed by atoms with E-state index in [0.717, 1.165) is 22.4 Å². The van der Waals surface area contributed by atoms with Crippen molar-refractivity contribution < 1.29 is 0 Å². The first-order valence-corrected chi connectivity index (χ1v) is 4.79. The second-order valence-electron chi connectivity index (χ2n) is 3.33. The fraction of sp³-hybridized carbons (Fsp3) is 0. The van der Waals surface area contributed by atoms with Gasteiger partial charge in [-0.25, -0.2) is 4.98 Å². The maximum Gasteiger partial charge on any atom is 0.156 e. The molecule has 0 spiro atoms. The van der Waals surface area contributed by atoms with E-state index in [-0.39, 0.29) is 0 Å². The average Bonchev–Trinajstić information content (AvgIpc) is 2.77. The van der Waals surface area contributed by atoms with E-state index in [4.69, 9.17) is 0 Å². The van der Waals surface area contributed by atoms with Crippen LogP contribution in [-0.4, -0.2) is 15.0 Å². The highest BCUT2D eigenvalue weighted by Gasteiger charge is 2.01. The number of aromatic amines is 1. The molecular weight excluding hydrogens is 186 g/mol. The SMILES string of the molecule is c1ccc(-c2cnc3cc[nH]c3n2)cc1. The van der Waals surface area contributed by atoms with Gasteiger partial charge >= 0.3 is 0 Å². The van der Waals surface area contributed by atoms with Gasteiger partial charge in [-0.15, -0.1) is 0 Å². The van der Waals surface area contributed by atoms with Crippen molar-refractivity contribution in [3.63, 3.8) is 0 Å². The van der Waals surface area contributed by atoms with Crippen LogP contribution in [0.3, 0.4) is 0 Å². The van der Waals surface area contributed by atoms with Crippen LogP contribution < -0.4 is 0 Å². The molecule has 1 N–H and O–H groups in total. The summed E-state index contributed by atoms with van der Waals surface area (Å²) in [6, 6.07) is 11.9. The Labute approximate surface area is 86.8 Å². The number of nitrogens with one attached hydrogen (secondary N) is 1. The van der Waals surface area contributed by atoms with E-state index in [1.807, 2.05) is 42.6 Å². The Morgan fingerprint density at radius 2 is 1.87 bits per heavy atom. The second kappa shape index (κ2) is 3.20. The summed E-state index contributed by atoms with van der Waals surface area (Å²) in [4.78, 5) is 11.9. The molecule has 2 heterocycles. The fourth-order valence-electron chi connectivity index (χ4n) is 1.57. The van der Waals surface area contributed by atoms with Gasteiger partial charge in [0.1, 0.15) is 5.52 Å². The maximum absolute atomic E-state index is 4.49. The zero-order chi connectivity index (χ0) is 10.1. The monoisotopic (exact) mass is 195 g/mol. The first kappa shape index (κ1) is 8.17. The van der Waals surface area contributed by atoms with Crippen molar-refractivity contribution in [3.05, 3.63) is 48.8 Å². The van der Waals surface area contributed by atoms with Crippen LogP contribution >= 0.6 is 0 Å². The number of rotatable bonds is 1. The Hall–Kier alpha value is -2.16. The smallest absolute Gasteiger partial charge is 0.156 e. The second-order valence-corrected chi connectivity index (χ2v) is 3.33. The van der Waals surface area contributed by atoms with Gasteiger partial charge in [0.05, 0.1) is 11.9 Å². The Morgan fingerprint density at radius 1 is 1.00 bits per heavy atom. The summed E-state index contributed by atoms with van der Waals surface area (Å²) in [5, 5.41) is 0. The predicted octanol–water partition coefficient (Wildman–Crippen LogP) is 2.62. The molecule has 2 aromatic heterocycles. The predicted molar refractivity (Wildman–Crippen MR) is 59.3 cm³/mol. The van der Waals surface area contributed by atoms with Crippen molar-refractivity contribution >= 4 is 11.2 Å². The number of H-pyrrole nitrogens is 1. The molecule has 0 aliphatic carbocycles. The number of nitrogens with zero attached hydrogens (tertiary/aromatic N) is 2. The highest BCUT2D eigenvalue weighted by Crippen LogP contribution is 2.17. The van der Waals surface area contributed by atoms with E-state index in [0.29, 0.717) is 0 Å². The Morgan fingerprint density at radius 3 is 2.73 bits per heavy atom. The topological polar surface area (TPSA) is 41.6 Å². The normalized spacial score (nSPS) is 10.7. The number of hydrogen-bond acceptors (Lipinski definition) is 2. The van der Waals surface area contributed by atoms with Gasteiger partial charge in [-0.3, -0.25) is 4.98 Å². The molecule has 0 aliphatic rings. The Kier molecular flexibility index (Phi) is 1.75. The van der Waals surface area contributed by atoms with Crippen LogP contribution in [0.15, 0.2) is 48.8 Å². The lowest BCUT2D eigenvalue weighted by atomic mass is 10.2. The van der Waals surface area contributed by atoms with Gasteiger partial charge in [0, 0.05) is 11.8 Å². The van der Waals surface area contributed by atoms with E-state index in [9.17, 15) is 0 Å². The number of aromatic nitrogens is 3. The van der Waals surface area contributed by atoms with E-state index in [1.165, 1.54) is 0 Å². The lowest BCUT2D eigenvalue weighted by molar-refractivity contribution is 1.26. The molecule has 0 aliphatic heterocycles. The first-order chi connectivity index (χ1) is 7.43. The minimum absolute atomic E-state index is 0.830.